The molecule has 0 amide bonds. The van der Waals surface area contributed by atoms with Crippen LogP contribution in [0, 0.1) is 12.7 Å². The van der Waals surface area contributed by atoms with E-state index in [0.29, 0.717) is 12.3 Å². The first-order valence-electron chi connectivity index (χ1n) is 5.34. The van der Waals surface area contributed by atoms with E-state index in [0.717, 1.165) is 11.1 Å². The number of halogens is 1. The second kappa shape index (κ2) is 5.01. The molecule has 0 spiro atoms. The maximum atomic E-state index is 13.4. The van der Waals surface area contributed by atoms with Crippen LogP contribution in [-0.2, 0) is 13.2 Å². The molecule has 4 heteroatoms. The summed E-state index contributed by atoms with van der Waals surface area (Å²) in [5.74, 6) is 0.489. The minimum Gasteiger partial charge on any atom is -0.483 e. The predicted octanol–water partition coefficient (Wildman–Crippen LogP) is 2.76. The Balaban J connectivity index is 2.04. The van der Waals surface area contributed by atoms with E-state index < -0.39 is 0 Å². The summed E-state index contributed by atoms with van der Waals surface area (Å²) in [6, 6.07) is 6.54. The van der Waals surface area contributed by atoms with E-state index in [1.165, 1.54) is 6.07 Å². The van der Waals surface area contributed by atoms with Gasteiger partial charge in [-0.15, -0.1) is 0 Å². The van der Waals surface area contributed by atoms with Gasteiger partial charge in [0, 0.05) is 12.1 Å². The number of ether oxygens (including phenoxy) is 1. The molecule has 17 heavy (non-hydrogen) atoms. The summed E-state index contributed by atoms with van der Waals surface area (Å²) >= 11 is 0. The van der Waals surface area contributed by atoms with Gasteiger partial charge in [0.1, 0.15) is 12.4 Å². The fourth-order valence-electron chi connectivity index (χ4n) is 1.48. The molecule has 3 nitrogen and oxygen atoms in total. The highest BCUT2D eigenvalue weighted by Crippen LogP contribution is 2.20. The summed E-state index contributed by atoms with van der Waals surface area (Å²) < 4.78 is 23.9. The second-order valence-corrected chi connectivity index (χ2v) is 3.85. The molecule has 0 atom stereocenters. The molecule has 0 bridgehead atoms. The van der Waals surface area contributed by atoms with Crippen molar-refractivity contribution in [2.24, 2.45) is 5.73 Å². The lowest BCUT2D eigenvalue weighted by atomic mass is 10.2. The molecule has 2 rings (SSSR count). The molecule has 0 fully saturated rings. The number of aryl methyl sites for hydroxylation is 1. The molecule has 0 unspecified atom stereocenters. The van der Waals surface area contributed by atoms with E-state index in [-0.39, 0.29) is 18.2 Å². The zero-order valence-corrected chi connectivity index (χ0v) is 9.57. The Bertz CT molecular complexity index is 508. The van der Waals surface area contributed by atoms with Crippen LogP contribution >= 0.6 is 0 Å². The topological polar surface area (TPSA) is 48.4 Å². The minimum atomic E-state index is -0.374. The average Bonchev–Trinajstić information content (AvgIpc) is 2.78. The van der Waals surface area contributed by atoms with Crippen LogP contribution < -0.4 is 10.5 Å². The highest BCUT2D eigenvalue weighted by atomic mass is 19.1. The summed E-state index contributed by atoms with van der Waals surface area (Å²) in [7, 11) is 0. The molecule has 1 aromatic carbocycles. The van der Waals surface area contributed by atoms with Crippen molar-refractivity contribution in [2.45, 2.75) is 20.1 Å². The molecule has 2 N–H and O–H groups in total. The van der Waals surface area contributed by atoms with Gasteiger partial charge in [-0.05, 0) is 30.7 Å². The third kappa shape index (κ3) is 2.85. The van der Waals surface area contributed by atoms with Gasteiger partial charge in [-0.25, -0.2) is 4.39 Å². The minimum absolute atomic E-state index is 0.195. The highest BCUT2D eigenvalue weighted by Gasteiger charge is 2.06. The van der Waals surface area contributed by atoms with Crippen molar-refractivity contribution in [3.8, 4) is 5.75 Å². The van der Waals surface area contributed by atoms with Crippen molar-refractivity contribution < 1.29 is 13.5 Å². The van der Waals surface area contributed by atoms with Crippen LogP contribution in [0.5, 0.6) is 5.75 Å². The molecule has 0 aliphatic heterocycles. The summed E-state index contributed by atoms with van der Waals surface area (Å²) in [5.41, 5.74) is 7.30. The van der Waals surface area contributed by atoms with Gasteiger partial charge in [-0.2, -0.15) is 0 Å². The van der Waals surface area contributed by atoms with Crippen molar-refractivity contribution in [1.82, 2.24) is 0 Å². The van der Waals surface area contributed by atoms with Gasteiger partial charge in [-0.1, -0.05) is 6.07 Å². The van der Waals surface area contributed by atoms with Crippen molar-refractivity contribution in [1.29, 1.82) is 0 Å². The first-order chi connectivity index (χ1) is 8.19. The molecule has 0 aliphatic carbocycles. The van der Waals surface area contributed by atoms with Crippen LogP contribution in [0.2, 0.25) is 0 Å². The van der Waals surface area contributed by atoms with Gasteiger partial charge in [-0.3, -0.25) is 0 Å². The Morgan fingerprint density at radius 1 is 1.35 bits per heavy atom. The molecular weight excluding hydrogens is 221 g/mol. The third-order valence-electron chi connectivity index (χ3n) is 2.40. The van der Waals surface area contributed by atoms with Gasteiger partial charge in [0.15, 0.2) is 11.6 Å². The van der Waals surface area contributed by atoms with Gasteiger partial charge < -0.3 is 14.9 Å². The standard InChI is InChI=1S/C13H14FNO2/c1-9-2-3-12(14)13(4-9)17-8-11-5-10(6-15)7-16-11/h2-5,7H,6,8,15H2,1H3. The Morgan fingerprint density at radius 2 is 2.18 bits per heavy atom. The van der Waals surface area contributed by atoms with E-state index in [2.05, 4.69) is 0 Å². The predicted molar refractivity (Wildman–Crippen MR) is 62.1 cm³/mol. The maximum absolute atomic E-state index is 13.4. The molecule has 90 valence electrons. The molecule has 2 aromatic rings. The van der Waals surface area contributed by atoms with Crippen molar-refractivity contribution >= 4 is 0 Å². The fraction of sp³-hybridized carbons (Fsp3) is 0.231. The highest BCUT2D eigenvalue weighted by molar-refractivity contribution is 5.29. The van der Waals surface area contributed by atoms with Crippen LogP contribution in [0.25, 0.3) is 0 Å². The fourth-order valence-corrected chi connectivity index (χ4v) is 1.48. The van der Waals surface area contributed by atoms with E-state index >= 15 is 0 Å². The first kappa shape index (κ1) is 11.7. The Kier molecular flexibility index (Phi) is 3.44. The van der Waals surface area contributed by atoms with Crippen LogP contribution in [0.3, 0.4) is 0 Å². The zero-order valence-electron chi connectivity index (χ0n) is 9.57. The van der Waals surface area contributed by atoms with Crippen molar-refractivity contribution in [3.05, 3.63) is 53.2 Å². The zero-order chi connectivity index (χ0) is 12.3. The lowest BCUT2D eigenvalue weighted by Gasteiger charge is -2.06. The van der Waals surface area contributed by atoms with Crippen LogP contribution in [-0.4, -0.2) is 0 Å². The molecule has 0 radical (unpaired) electrons. The third-order valence-corrected chi connectivity index (χ3v) is 2.40. The number of hydrogen-bond donors (Lipinski definition) is 1. The van der Waals surface area contributed by atoms with Gasteiger partial charge in [0.2, 0.25) is 0 Å². The lowest BCUT2D eigenvalue weighted by molar-refractivity contribution is 0.258. The molecular formula is C13H14FNO2. The quantitative estimate of drug-likeness (QED) is 0.886. The number of nitrogens with two attached hydrogens (primary N) is 1. The van der Waals surface area contributed by atoms with Crippen LogP contribution in [0.15, 0.2) is 34.9 Å². The Hall–Kier alpha value is -1.81. The number of furan rings is 1. The van der Waals surface area contributed by atoms with Crippen molar-refractivity contribution in [2.75, 3.05) is 0 Å². The molecule has 0 saturated carbocycles. The smallest absolute Gasteiger partial charge is 0.165 e. The van der Waals surface area contributed by atoms with Crippen molar-refractivity contribution in [3.63, 3.8) is 0 Å². The van der Waals surface area contributed by atoms with E-state index in [1.807, 2.05) is 6.92 Å². The summed E-state index contributed by atoms with van der Waals surface area (Å²) in [6.07, 6.45) is 1.57. The van der Waals surface area contributed by atoms with E-state index in [1.54, 1.807) is 24.5 Å². The monoisotopic (exact) mass is 235 g/mol. The maximum Gasteiger partial charge on any atom is 0.165 e. The lowest BCUT2D eigenvalue weighted by Crippen LogP contribution is -1.97. The molecule has 1 aromatic heterocycles. The first-order valence-corrected chi connectivity index (χ1v) is 5.34. The Morgan fingerprint density at radius 3 is 2.88 bits per heavy atom. The number of benzene rings is 1. The molecule has 0 saturated heterocycles. The van der Waals surface area contributed by atoms with Gasteiger partial charge in [0.25, 0.3) is 0 Å². The normalized spacial score (nSPS) is 10.5. The summed E-state index contributed by atoms with van der Waals surface area (Å²) in [6.45, 7) is 2.49. The second-order valence-electron chi connectivity index (χ2n) is 3.85. The van der Waals surface area contributed by atoms with Crippen LogP contribution in [0.4, 0.5) is 4.39 Å². The van der Waals surface area contributed by atoms with E-state index in [9.17, 15) is 4.39 Å². The SMILES string of the molecule is Cc1ccc(F)c(OCc2cc(CN)co2)c1. The molecule has 1 heterocycles. The summed E-state index contributed by atoms with van der Waals surface area (Å²) in [5, 5.41) is 0. The largest absolute Gasteiger partial charge is 0.483 e. The number of hydrogen-bond acceptors (Lipinski definition) is 3. The molecule has 0 aliphatic rings. The number of rotatable bonds is 4. The van der Waals surface area contributed by atoms with Gasteiger partial charge in [0.05, 0.1) is 6.26 Å². The summed E-state index contributed by atoms with van der Waals surface area (Å²) in [4.78, 5) is 0. The van der Waals surface area contributed by atoms with E-state index in [4.69, 9.17) is 14.9 Å². The Labute approximate surface area is 99.0 Å². The van der Waals surface area contributed by atoms with Crippen LogP contribution in [0.1, 0.15) is 16.9 Å². The van der Waals surface area contributed by atoms with Gasteiger partial charge >= 0.3 is 0 Å². The average molecular weight is 235 g/mol.